The highest BCUT2D eigenvalue weighted by atomic mass is 79.9. The van der Waals surface area contributed by atoms with Gasteiger partial charge in [-0.15, -0.1) is 0 Å². The highest BCUT2D eigenvalue weighted by Gasteiger charge is 2.19. The fourth-order valence-electron chi connectivity index (χ4n) is 2.84. The van der Waals surface area contributed by atoms with Crippen LogP contribution in [-0.4, -0.2) is 14.6 Å². The average Bonchev–Trinajstić information content (AvgIpc) is 2.80. The van der Waals surface area contributed by atoms with Crippen LogP contribution < -0.4 is 21.5 Å². The van der Waals surface area contributed by atoms with E-state index in [9.17, 15) is 0 Å². The molecule has 4 aromatic rings. The summed E-state index contributed by atoms with van der Waals surface area (Å²) >= 11 is 0. The molecule has 3 heterocycles. The molecule has 0 aliphatic heterocycles. The van der Waals surface area contributed by atoms with Crippen LogP contribution in [0.15, 0.2) is 54.9 Å². The molecule has 4 rings (SSSR count). The minimum absolute atomic E-state index is 0. The van der Waals surface area contributed by atoms with Crippen LogP contribution in [0.25, 0.3) is 27.8 Å². The van der Waals surface area contributed by atoms with Gasteiger partial charge in [0, 0.05) is 24.0 Å². The molecule has 22 heavy (non-hydrogen) atoms. The molecule has 0 unspecified atom stereocenters. The van der Waals surface area contributed by atoms with Gasteiger partial charge < -0.3 is 17.0 Å². The van der Waals surface area contributed by atoms with Crippen molar-refractivity contribution in [3.05, 3.63) is 60.6 Å². The maximum absolute atomic E-state index is 4.78. The number of fused-ring (bicyclic) bond motifs is 3. The minimum Gasteiger partial charge on any atom is -1.00 e. The third-order valence-corrected chi connectivity index (χ3v) is 3.94. The third kappa shape index (κ3) is 2.09. The molecule has 0 saturated heterocycles. The first-order chi connectivity index (χ1) is 10.3. The summed E-state index contributed by atoms with van der Waals surface area (Å²) in [5.74, 6) is 0. The maximum atomic E-state index is 4.78. The molecule has 0 atom stereocenters. The largest absolute Gasteiger partial charge is 1.00 e. The van der Waals surface area contributed by atoms with Gasteiger partial charge in [-0.3, -0.25) is 4.98 Å². The molecule has 3 aromatic heterocycles. The molecule has 5 heteroatoms. The van der Waals surface area contributed by atoms with E-state index in [2.05, 4.69) is 40.9 Å². The first-order valence-corrected chi connectivity index (χ1v) is 6.93. The number of halogens is 1. The van der Waals surface area contributed by atoms with Crippen LogP contribution in [-0.2, 0) is 7.05 Å². The topological polar surface area (TPSA) is 34.1 Å². The second kappa shape index (κ2) is 5.50. The summed E-state index contributed by atoms with van der Waals surface area (Å²) in [7, 11) is 2.07. The highest BCUT2D eigenvalue weighted by Crippen LogP contribution is 2.23. The Hall–Kier alpha value is -2.27. The Labute approximate surface area is 138 Å². The lowest BCUT2D eigenvalue weighted by atomic mass is 10.1. The molecular formula is C17H15BrN4. The van der Waals surface area contributed by atoms with Gasteiger partial charge in [-0.1, -0.05) is 21.7 Å². The fraction of sp³-hybridized carbons (Fsp3) is 0.118. The van der Waals surface area contributed by atoms with E-state index in [4.69, 9.17) is 5.10 Å². The number of rotatable bonds is 1. The Morgan fingerprint density at radius 1 is 1.05 bits per heavy atom. The number of para-hydroxylation sites is 2. The molecule has 0 spiro atoms. The van der Waals surface area contributed by atoms with Gasteiger partial charge in [-0.25, -0.2) is 4.57 Å². The van der Waals surface area contributed by atoms with E-state index in [1.54, 1.807) is 0 Å². The predicted molar refractivity (Wildman–Crippen MR) is 81.8 cm³/mol. The van der Waals surface area contributed by atoms with Crippen molar-refractivity contribution in [1.82, 2.24) is 14.6 Å². The van der Waals surface area contributed by atoms with Gasteiger partial charge in [0.25, 0.3) is 0 Å². The van der Waals surface area contributed by atoms with Gasteiger partial charge >= 0.3 is 5.65 Å². The van der Waals surface area contributed by atoms with Crippen LogP contribution in [0.2, 0.25) is 0 Å². The van der Waals surface area contributed by atoms with Crippen molar-refractivity contribution in [2.75, 3.05) is 0 Å². The molecular weight excluding hydrogens is 340 g/mol. The second-order valence-electron chi connectivity index (χ2n) is 5.20. The molecule has 0 radical (unpaired) electrons. The molecule has 0 aliphatic carbocycles. The van der Waals surface area contributed by atoms with Crippen molar-refractivity contribution in [2.24, 2.45) is 7.05 Å². The molecule has 0 amide bonds. The van der Waals surface area contributed by atoms with Crippen molar-refractivity contribution in [3.8, 4) is 11.1 Å². The molecule has 0 fully saturated rings. The fourth-order valence-corrected chi connectivity index (χ4v) is 2.84. The lowest BCUT2D eigenvalue weighted by Gasteiger charge is -2.03. The van der Waals surface area contributed by atoms with E-state index in [1.165, 1.54) is 5.52 Å². The Bertz CT molecular complexity index is 961. The monoisotopic (exact) mass is 354 g/mol. The second-order valence-corrected chi connectivity index (χ2v) is 5.20. The number of imidazole rings is 1. The molecule has 110 valence electrons. The number of aromatic nitrogens is 4. The van der Waals surface area contributed by atoms with Crippen LogP contribution in [0.4, 0.5) is 0 Å². The lowest BCUT2D eigenvalue weighted by Crippen LogP contribution is -3.00. The minimum atomic E-state index is 0. The summed E-state index contributed by atoms with van der Waals surface area (Å²) in [5.41, 5.74) is 6.67. The molecule has 0 aliphatic rings. The first kappa shape index (κ1) is 14.7. The number of pyridine rings is 1. The van der Waals surface area contributed by atoms with Gasteiger partial charge in [-0.05, 0) is 36.8 Å². The van der Waals surface area contributed by atoms with Crippen molar-refractivity contribution in [2.45, 2.75) is 6.92 Å². The third-order valence-electron chi connectivity index (χ3n) is 3.94. The van der Waals surface area contributed by atoms with Crippen molar-refractivity contribution in [3.63, 3.8) is 0 Å². The quantitative estimate of drug-likeness (QED) is 0.439. The van der Waals surface area contributed by atoms with Crippen molar-refractivity contribution < 1.29 is 21.5 Å². The number of nitrogens with zero attached hydrogens (tertiary/aromatic N) is 4. The Morgan fingerprint density at radius 3 is 2.55 bits per heavy atom. The molecule has 0 saturated carbocycles. The number of aryl methyl sites for hydroxylation is 2. The van der Waals surface area contributed by atoms with Crippen molar-refractivity contribution in [1.29, 1.82) is 0 Å². The van der Waals surface area contributed by atoms with Crippen LogP contribution in [0.3, 0.4) is 0 Å². The van der Waals surface area contributed by atoms with E-state index >= 15 is 0 Å². The summed E-state index contributed by atoms with van der Waals surface area (Å²) < 4.78 is 4.18. The normalized spacial score (nSPS) is 10.8. The summed E-state index contributed by atoms with van der Waals surface area (Å²) in [5, 5.41) is 4.78. The van der Waals surface area contributed by atoms with E-state index in [0.29, 0.717) is 0 Å². The van der Waals surface area contributed by atoms with E-state index in [-0.39, 0.29) is 17.0 Å². The van der Waals surface area contributed by atoms with Crippen LogP contribution in [0, 0.1) is 6.92 Å². The first-order valence-electron chi connectivity index (χ1n) is 6.93. The van der Waals surface area contributed by atoms with E-state index in [0.717, 1.165) is 28.0 Å². The lowest BCUT2D eigenvalue weighted by molar-refractivity contribution is -0.618. The smallest absolute Gasteiger partial charge is 0.308 e. The number of hydrogen-bond acceptors (Lipinski definition) is 2. The Morgan fingerprint density at radius 2 is 1.77 bits per heavy atom. The Balaban J connectivity index is 0.00000144. The molecule has 0 N–H and O–H groups in total. The van der Waals surface area contributed by atoms with E-state index in [1.807, 2.05) is 42.0 Å². The zero-order valence-electron chi connectivity index (χ0n) is 12.4. The van der Waals surface area contributed by atoms with Crippen molar-refractivity contribution >= 4 is 16.7 Å². The highest BCUT2D eigenvalue weighted by molar-refractivity contribution is 5.77. The van der Waals surface area contributed by atoms with E-state index < -0.39 is 0 Å². The zero-order valence-corrected chi connectivity index (χ0v) is 13.9. The molecule has 1 aromatic carbocycles. The van der Waals surface area contributed by atoms with Gasteiger partial charge in [-0.2, -0.15) is 0 Å². The van der Waals surface area contributed by atoms with Crippen LogP contribution in [0.5, 0.6) is 0 Å². The summed E-state index contributed by atoms with van der Waals surface area (Å²) in [6, 6.07) is 14.5. The SMILES string of the molecule is Cc1nn2c3ccccc3[n+](C)c2cc1-c1ccncc1.[Br-]. The summed E-state index contributed by atoms with van der Waals surface area (Å²) in [4.78, 5) is 4.08. The molecule has 4 nitrogen and oxygen atoms in total. The number of hydrogen-bond donors (Lipinski definition) is 0. The average molecular weight is 355 g/mol. The molecule has 0 bridgehead atoms. The zero-order chi connectivity index (χ0) is 14.4. The van der Waals surface area contributed by atoms with Gasteiger partial charge in [0.1, 0.15) is 0 Å². The van der Waals surface area contributed by atoms with Crippen LogP contribution >= 0.6 is 0 Å². The number of benzene rings is 1. The van der Waals surface area contributed by atoms with Crippen LogP contribution in [0.1, 0.15) is 5.69 Å². The maximum Gasteiger partial charge on any atom is 0.308 e. The van der Waals surface area contributed by atoms with Gasteiger partial charge in [0.2, 0.25) is 5.52 Å². The summed E-state index contributed by atoms with van der Waals surface area (Å²) in [6.45, 7) is 2.05. The Kier molecular flexibility index (Phi) is 3.66. The van der Waals surface area contributed by atoms with Gasteiger partial charge in [0.15, 0.2) is 5.52 Å². The predicted octanol–water partition coefficient (Wildman–Crippen LogP) is -0.314. The van der Waals surface area contributed by atoms with Gasteiger partial charge in [0.05, 0.1) is 12.7 Å². The standard InChI is InChI=1S/C17H15N4.BrH/c1-12-14(13-7-9-18-10-8-13)11-17-20(2)15-5-3-4-6-16(15)21(17)19-12;/h3-11H,1-2H3;1H/q+1;/p-1. The summed E-state index contributed by atoms with van der Waals surface area (Å²) in [6.07, 6.45) is 3.63.